The highest BCUT2D eigenvalue weighted by atomic mass is 19.4. The van der Waals surface area contributed by atoms with Crippen molar-refractivity contribution < 1.29 is 71.9 Å². The third kappa shape index (κ3) is 6.39. The Labute approximate surface area is 311 Å². The monoisotopic (exact) mass is 814 g/mol. The highest BCUT2D eigenvalue weighted by molar-refractivity contribution is 6.28. The fourth-order valence-electron chi connectivity index (χ4n) is 7.93. The number of benzene rings is 4. The van der Waals surface area contributed by atoms with Crippen LogP contribution < -0.4 is 21.3 Å². The fourth-order valence-corrected chi connectivity index (χ4v) is 7.93. The van der Waals surface area contributed by atoms with Gasteiger partial charge in [-0.25, -0.2) is 0 Å². The summed E-state index contributed by atoms with van der Waals surface area (Å²) in [6, 6.07) is 7.54. The summed E-state index contributed by atoms with van der Waals surface area (Å²) < 4.78 is 170. The summed E-state index contributed by atoms with van der Waals surface area (Å²) in [4.78, 5) is 55.5. The molecule has 3 fully saturated rings. The van der Waals surface area contributed by atoms with Gasteiger partial charge in [0.25, 0.3) is 0 Å². The molecule has 1 aliphatic carbocycles. The van der Waals surface area contributed by atoms with Gasteiger partial charge in [-0.15, -0.1) is 0 Å². The Morgan fingerprint density at radius 3 is 1.00 bits per heavy atom. The SMILES string of the molecule is Nc1ccc(-c2ccc(N3C(=O)C4CC5C(=O)N(c6ccc(-c7ccc(N)cc7C(F)(F)F)c(C(F)(F)F)c6)C(=O)C5C4C3=O)cc2C(F)(F)F)c(C(F)(F)F)c1. The minimum absolute atomic E-state index is 0.277. The number of alkyl halides is 12. The normalized spacial score (nSPS) is 21.5. The highest BCUT2D eigenvalue weighted by Crippen LogP contribution is 2.54. The first-order valence-corrected chi connectivity index (χ1v) is 16.4. The number of hydrogen-bond donors (Lipinski definition) is 2. The third-order valence-electron chi connectivity index (χ3n) is 10.3. The molecule has 2 heterocycles. The molecule has 4 amide bonds. The molecular formula is C37H22F12N4O4. The van der Waals surface area contributed by atoms with E-state index in [1.165, 1.54) is 0 Å². The maximum absolute atomic E-state index is 14.4. The predicted molar refractivity (Wildman–Crippen MR) is 176 cm³/mol. The molecule has 8 nitrogen and oxygen atoms in total. The second-order valence-electron chi connectivity index (χ2n) is 13.6. The van der Waals surface area contributed by atoms with E-state index in [1.807, 2.05) is 0 Å². The van der Waals surface area contributed by atoms with Gasteiger partial charge in [0, 0.05) is 11.4 Å². The quantitative estimate of drug-likeness (QED) is 0.121. The van der Waals surface area contributed by atoms with Crippen LogP contribution in [-0.4, -0.2) is 23.6 Å². The van der Waals surface area contributed by atoms with Crippen molar-refractivity contribution in [2.24, 2.45) is 23.7 Å². The second kappa shape index (κ2) is 12.7. The van der Waals surface area contributed by atoms with Crippen molar-refractivity contribution in [1.29, 1.82) is 0 Å². The van der Waals surface area contributed by atoms with Crippen molar-refractivity contribution in [2.75, 3.05) is 21.3 Å². The first kappa shape index (κ1) is 39.2. The van der Waals surface area contributed by atoms with Crippen LogP contribution in [0.1, 0.15) is 28.7 Å². The van der Waals surface area contributed by atoms with Crippen molar-refractivity contribution in [2.45, 2.75) is 31.1 Å². The third-order valence-corrected chi connectivity index (χ3v) is 10.3. The zero-order valence-corrected chi connectivity index (χ0v) is 28.2. The number of imide groups is 2. The molecule has 4 aromatic rings. The van der Waals surface area contributed by atoms with E-state index in [-0.39, 0.29) is 12.1 Å². The van der Waals surface area contributed by atoms with Gasteiger partial charge in [0.1, 0.15) is 0 Å². The number of nitrogens with zero attached hydrogens (tertiary/aromatic N) is 2. The molecule has 20 heteroatoms. The van der Waals surface area contributed by atoms with E-state index in [1.54, 1.807) is 0 Å². The summed E-state index contributed by atoms with van der Waals surface area (Å²) in [6.07, 6.45) is -21.5. The summed E-state index contributed by atoms with van der Waals surface area (Å²) in [6.45, 7) is 0. The number of carbonyl (C=O) groups excluding carboxylic acids is 4. The summed E-state index contributed by atoms with van der Waals surface area (Å²) in [5.74, 6) is -11.0. The van der Waals surface area contributed by atoms with Gasteiger partial charge in [0.15, 0.2) is 0 Å². The Balaban J connectivity index is 1.24. The van der Waals surface area contributed by atoms with Gasteiger partial charge in [-0.05, 0) is 77.2 Å². The Hall–Kier alpha value is -6.08. The molecule has 0 spiro atoms. The number of rotatable bonds is 4. The zero-order valence-electron chi connectivity index (χ0n) is 28.2. The zero-order chi connectivity index (χ0) is 41.9. The molecule has 4 aromatic carbocycles. The first-order valence-electron chi connectivity index (χ1n) is 16.4. The lowest BCUT2D eigenvalue weighted by molar-refractivity contribution is -0.139. The molecule has 7 rings (SSSR count). The lowest BCUT2D eigenvalue weighted by atomic mass is 9.89. The van der Waals surface area contributed by atoms with Crippen LogP contribution in [0.3, 0.4) is 0 Å². The molecule has 57 heavy (non-hydrogen) atoms. The van der Waals surface area contributed by atoms with E-state index in [2.05, 4.69) is 0 Å². The van der Waals surface area contributed by atoms with Crippen molar-refractivity contribution in [3.8, 4) is 22.3 Å². The molecular weight excluding hydrogens is 792 g/mol. The lowest BCUT2D eigenvalue weighted by Gasteiger charge is -2.22. The molecule has 4 atom stereocenters. The maximum Gasteiger partial charge on any atom is 0.417 e. The minimum atomic E-state index is -5.34. The number of nitrogen functional groups attached to an aromatic ring is 2. The molecule has 4 N–H and O–H groups in total. The second-order valence-corrected chi connectivity index (χ2v) is 13.6. The van der Waals surface area contributed by atoms with Crippen molar-refractivity contribution in [3.63, 3.8) is 0 Å². The van der Waals surface area contributed by atoms with Crippen LogP contribution in [0, 0.1) is 23.7 Å². The Bertz CT molecular complexity index is 2240. The van der Waals surface area contributed by atoms with E-state index in [4.69, 9.17) is 11.5 Å². The molecule has 298 valence electrons. The Morgan fingerprint density at radius 2 is 0.702 bits per heavy atom. The van der Waals surface area contributed by atoms with E-state index < -0.39 is 146 Å². The van der Waals surface area contributed by atoms with Crippen LogP contribution in [0.2, 0.25) is 0 Å². The van der Waals surface area contributed by atoms with Gasteiger partial charge >= 0.3 is 24.7 Å². The predicted octanol–water partition coefficient (Wildman–Crippen LogP) is 8.58. The highest BCUT2D eigenvalue weighted by Gasteiger charge is 2.66. The van der Waals surface area contributed by atoms with E-state index in [0.29, 0.717) is 34.1 Å². The summed E-state index contributed by atoms with van der Waals surface area (Å²) in [5, 5.41) is 0. The topological polar surface area (TPSA) is 127 Å². The molecule has 2 saturated heterocycles. The number of halogens is 12. The molecule has 1 saturated carbocycles. The summed E-state index contributed by atoms with van der Waals surface area (Å²) in [5.41, 5.74) is -1.49. The number of carbonyl (C=O) groups is 4. The van der Waals surface area contributed by atoms with Crippen molar-refractivity contribution in [1.82, 2.24) is 0 Å². The number of amides is 4. The van der Waals surface area contributed by atoms with Crippen LogP contribution in [0.15, 0.2) is 72.8 Å². The first-order chi connectivity index (χ1) is 26.3. The largest absolute Gasteiger partial charge is 0.417 e. The number of anilines is 4. The van der Waals surface area contributed by atoms with Crippen LogP contribution in [0.5, 0.6) is 0 Å². The van der Waals surface area contributed by atoms with Gasteiger partial charge in [0.2, 0.25) is 23.6 Å². The Kier molecular flexibility index (Phi) is 8.74. The summed E-state index contributed by atoms with van der Waals surface area (Å²) in [7, 11) is 0. The molecule has 2 aliphatic heterocycles. The van der Waals surface area contributed by atoms with Crippen LogP contribution in [0.4, 0.5) is 75.4 Å². The van der Waals surface area contributed by atoms with Gasteiger partial charge < -0.3 is 11.5 Å². The fraction of sp³-hybridized carbons (Fsp3) is 0.243. The maximum atomic E-state index is 14.4. The molecule has 0 bridgehead atoms. The van der Waals surface area contributed by atoms with Crippen LogP contribution in [-0.2, 0) is 43.9 Å². The van der Waals surface area contributed by atoms with E-state index in [9.17, 15) is 71.9 Å². The molecule has 0 radical (unpaired) electrons. The number of nitrogens with two attached hydrogens (primary N) is 2. The average molecular weight is 815 g/mol. The van der Waals surface area contributed by atoms with Crippen LogP contribution >= 0.6 is 0 Å². The molecule has 0 aromatic heterocycles. The average Bonchev–Trinajstić information content (AvgIpc) is 3.69. The lowest BCUT2D eigenvalue weighted by Crippen LogP contribution is -2.36. The molecule has 3 aliphatic rings. The minimum Gasteiger partial charge on any atom is -0.399 e. The van der Waals surface area contributed by atoms with Gasteiger partial charge in [-0.2, -0.15) is 52.7 Å². The van der Waals surface area contributed by atoms with E-state index >= 15 is 0 Å². The van der Waals surface area contributed by atoms with Crippen molar-refractivity contribution in [3.05, 3.63) is 95.1 Å². The van der Waals surface area contributed by atoms with Gasteiger partial charge in [-0.3, -0.25) is 29.0 Å². The van der Waals surface area contributed by atoms with Gasteiger partial charge in [0.05, 0.1) is 57.3 Å². The molecule has 4 unspecified atom stereocenters. The smallest absolute Gasteiger partial charge is 0.399 e. The van der Waals surface area contributed by atoms with E-state index in [0.717, 1.165) is 36.4 Å². The standard InChI is InChI=1S/C37H22F12N4O4/c38-34(39,40)24-9-14(50)1-5-18(24)20-7-3-16(11-26(20)36(44,45)46)52-30(54)22-13-23-29(28(22)32(52)56)33(57)53(31(23)55)17-4-8-21(27(12-17)37(47,48)49)19-6-2-15(51)10-25(19)35(41,42)43/h1-12,22-23,28-29H,13,50-51H2. The van der Waals surface area contributed by atoms with Crippen molar-refractivity contribution >= 4 is 46.4 Å². The Morgan fingerprint density at radius 1 is 0.421 bits per heavy atom. The number of hydrogen-bond acceptors (Lipinski definition) is 6. The number of fused-ring (bicyclic) bond motifs is 3. The van der Waals surface area contributed by atoms with Crippen LogP contribution in [0.25, 0.3) is 22.3 Å². The van der Waals surface area contributed by atoms with Gasteiger partial charge in [-0.1, -0.05) is 24.3 Å². The summed E-state index contributed by atoms with van der Waals surface area (Å²) >= 11 is 0.